The molecule has 8 aliphatic rings. The van der Waals surface area contributed by atoms with E-state index in [4.69, 9.17) is 13.6 Å². The molecule has 8 saturated carbocycles. The van der Waals surface area contributed by atoms with E-state index in [1.54, 1.807) is 24.3 Å². The molecule has 0 amide bonds. The summed E-state index contributed by atoms with van der Waals surface area (Å²) < 4.78 is 31.2. The van der Waals surface area contributed by atoms with Crippen LogP contribution in [0.15, 0.2) is 60.7 Å². The Bertz CT molecular complexity index is 1940. The molecule has 0 radical (unpaired) electrons. The number of para-hydroxylation sites is 2. The van der Waals surface area contributed by atoms with E-state index in [0.29, 0.717) is 52.3 Å². The summed E-state index contributed by atoms with van der Waals surface area (Å²) >= 11 is 0. The van der Waals surface area contributed by atoms with E-state index in [1.807, 2.05) is 36.4 Å². The maximum absolute atomic E-state index is 13.7. The summed E-state index contributed by atoms with van der Waals surface area (Å²) in [5.74, 6) is 10.7. The number of phosphoric ester groups is 1. The number of phosphoric acid groups is 1. The van der Waals surface area contributed by atoms with Crippen molar-refractivity contribution in [2.24, 2.45) is 92.7 Å². The van der Waals surface area contributed by atoms with Gasteiger partial charge < -0.3 is 24.4 Å². The Morgan fingerprint density at radius 3 is 1.40 bits per heavy atom. The van der Waals surface area contributed by atoms with Gasteiger partial charge in [0.25, 0.3) is 0 Å². The lowest BCUT2D eigenvalue weighted by molar-refractivity contribution is -0.129. The lowest BCUT2D eigenvalue weighted by Crippen LogP contribution is -2.54. The van der Waals surface area contributed by atoms with E-state index in [-0.39, 0.29) is 12.2 Å². The topological polar surface area (TPSA) is 105 Å². The fourth-order valence-electron chi connectivity index (χ4n) is 19.1. The molecule has 6 unspecified atom stereocenters. The second kappa shape index (κ2) is 20.9. The second-order valence-corrected chi connectivity index (χ2v) is 27.2. The highest BCUT2D eigenvalue weighted by atomic mass is 31.2. The molecular weight excluding hydrogens is 864 g/mol. The molecule has 0 aromatic heterocycles. The molecule has 0 heterocycles. The fraction of sp³-hybridized carbons (Fsp3) is 0.800. The number of aliphatic hydroxyl groups excluding tert-OH is 3. The van der Waals surface area contributed by atoms with E-state index in [0.717, 1.165) is 110 Å². The van der Waals surface area contributed by atoms with Gasteiger partial charge in [0, 0.05) is 6.61 Å². The first-order valence-corrected chi connectivity index (χ1v) is 29.8. The van der Waals surface area contributed by atoms with Crippen molar-refractivity contribution in [2.45, 2.75) is 195 Å². The average molecular weight is 957 g/mol. The van der Waals surface area contributed by atoms with E-state index in [1.165, 1.54) is 96.3 Å². The maximum Gasteiger partial charge on any atom is 0.587 e. The third-order valence-corrected chi connectivity index (χ3v) is 24.0. The van der Waals surface area contributed by atoms with Crippen LogP contribution in [0.4, 0.5) is 0 Å². The molecule has 0 bridgehead atoms. The standard InChI is InChI=1S/C36H51O5P.C24H42O2/c1-26(11-10-24-39-42(38,40-29-12-6-4-7-13-29)41-30-14-8-5-9-15-30)32-18-19-33-31-17-16-27-25-28(37)20-22-35(27,2)34(31)21-23-36(32,33)3;1-16(5-4-14-25)20-8-9-21-19-7-6-17-15-18(26)10-12-23(17,2)22(19)11-13-24(20,21)3/h4-9,12-15,26-28,31-34,37H,10-11,16-25H2,1-3H3;16-22,25-26H,4-15H2,1-3H3/t26-,27-,28-,31?,32?,33+,34?,35+,36-;16-,17-,18-,19?,20?,21+,22?,23+,24-/m11/s1. The Labute approximate surface area is 412 Å². The fourth-order valence-corrected chi connectivity index (χ4v) is 20.4. The number of fused-ring (bicyclic) bond motifs is 10. The van der Waals surface area contributed by atoms with E-state index in [9.17, 15) is 19.9 Å². The summed E-state index contributed by atoms with van der Waals surface area (Å²) in [6.07, 6.45) is 27.2. The van der Waals surface area contributed by atoms with Gasteiger partial charge in [0.15, 0.2) is 0 Å². The zero-order valence-electron chi connectivity index (χ0n) is 43.2. The third kappa shape index (κ3) is 9.96. The number of benzene rings is 2. The van der Waals surface area contributed by atoms with Gasteiger partial charge in [0.05, 0.1) is 18.8 Å². The first-order chi connectivity index (χ1) is 32.6. The smallest absolute Gasteiger partial charge is 0.396 e. The van der Waals surface area contributed by atoms with Crippen molar-refractivity contribution in [1.29, 1.82) is 0 Å². The summed E-state index contributed by atoms with van der Waals surface area (Å²) in [6, 6.07) is 18.2. The van der Waals surface area contributed by atoms with Crippen LogP contribution < -0.4 is 9.05 Å². The first kappa shape index (κ1) is 51.0. The highest BCUT2D eigenvalue weighted by molar-refractivity contribution is 7.49. The lowest BCUT2D eigenvalue weighted by atomic mass is 9.44. The molecule has 68 heavy (non-hydrogen) atoms. The van der Waals surface area contributed by atoms with Gasteiger partial charge in [-0.1, -0.05) is 77.9 Å². The molecule has 10 rings (SSSR count). The Morgan fingerprint density at radius 2 is 0.956 bits per heavy atom. The predicted molar refractivity (Wildman–Crippen MR) is 274 cm³/mol. The van der Waals surface area contributed by atoms with Crippen LogP contribution in [0.2, 0.25) is 0 Å². The van der Waals surface area contributed by atoms with Crippen molar-refractivity contribution in [3.05, 3.63) is 60.7 Å². The van der Waals surface area contributed by atoms with E-state index in [2.05, 4.69) is 41.5 Å². The SMILES string of the molecule is C[C@H](CCCO)C1CC[C@H]2C3CC[C@@H]4C[C@H](O)CC[C@]4(C)C3CC[C@]12C.C[C@H](CCCOP(=O)(Oc1ccccc1)Oc1ccccc1)C1CC[C@H]2C3CC[C@@H]4C[C@H](O)CC[C@]4(C)C3CC[C@]12C. The Morgan fingerprint density at radius 1 is 0.544 bits per heavy atom. The van der Waals surface area contributed by atoms with Gasteiger partial charge in [-0.2, -0.15) is 0 Å². The molecule has 18 atom stereocenters. The summed E-state index contributed by atoms with van der Waals surface area (Å²) in [4.78, 5) is 0. The average Bonchev–Trinajstić information content (AvgIpc) is 3.88. The van der Waals surface area contributed by atoms with Crippen molar-refractivity contribution in [2.75, 3.05) is 13.2 Å². The van der Waals surface area contributed by atoms with Crippen molar-refractivity contribution < 1.29 is 33.5 Å². The number of aliphatic hydroxyl groups is 3. The third-order valence-electron chi connectivity index (χ3n) is 22.6. The predicted octanol–water partition coefficient (Wildman–Crippen LogP) is 15.1. The minimum Gasteiger partial charge on any atom is -0.396 e. The Balaban J connectivity index is 0.000000190. The van der Waals surface area contributed by atoms with Crippen LogP contribution in [0.3, 0.4) is 0 Å². The molecular formula is C60H93O7P. The van der Waals surface area contributed by atoms with Crippen LogP contribution in [0.25, 0.3) is 0 Å². The van der Waals surface area contributed by atoms with Gasteiger partial charge >= 0.3 is 7.82 Å². The van der Waals surface area contributed by atoms with Crippen LogP contribution >= 0.6 is 7.82 Å². The van der Waals surface area contributed by atoms with Crippen LogP contribution in [-0.4, -0.2) is 40.7 Å². The largest absolute Gasteiger partial charge is 0.587 e. The zero-order valence-corrected chi connectivity index (χ0v) is 44.1. The molecule has 7 nitrogen and oxygen atoms in total. The molecule has 8 fully saturated rings. The number of hydrogen-bond acceptors (Lipinski definition) is 7. The molecule has 3 N–H and O–H groups in total. The summed E-state index contributed by atoms with van der Waals surface area (Å²) in [6.45, 7) is 16.0. The molecule has 2 aromatic carbocycles. The number of hydrogen-bond donors (Lipinski definition) is 3. The minimum absolute atomic E-state index is 0.0262. The molecule has 0 aliphatic heterocycles. The minimum atomic E-state index is -3.84. The van der Waals surface area contributed by atoms with Crippen LogP contribution in [-0.2, 0) is 9.09 Å². The zero-order chi connectivity index (χ0) is 47.9. The Kier molecular flexibility index (Phi) is 15.7. The number of rotatable bonds is 14. The highest BCUT2D eigenvalue weighted by Gasteiger charge is 2.62. The van der Waals surface area contributed by atoms with Gasteiger partial charge in [0.2, 0.25) is 0 Å². The molecule has 0 spiro atoms. The molecule has 0 saturated heterocycles. The first-order valence-electron chi connectivity index (χ1n) is 28.3. The van der Waals surface area contributed by atoms with Gasteiger partial charge in [-0.3, -0.25) is 4.52 Å². The maximum atomic E-state index is 13.7. The van der Waals surface area contributed by atoms with Crippen LogP contribution in [0.5, 0.6) is 11.5 Å². The van der Waals surface area contributed by atoms with E-state index >= 15 is 0 Å². The van der Waals surface area contributed by atoms with Crippen molar-refractivity contribution in [3.8, 4) is 11.5 Å². The normalized spacial score (nSPS) is 42.6. The van der Waals surface area contributed by atoms with Crippen LogP contribution in [0, 0.1) is 92.7 Å². The molecule has 8 heteroatoms. The molecule has 2 aromatic rings. The molecule has 8 aliphatic carbocycles. The quantitative estimate of drug-likeness (QED) is 0.128. The van der Waals surface area contributed by atoms with Crippen LogP contribution in [0.1, 0.15) is 183 Å². The van der Waals surface area contributed by atoms with E-state index < -0.39 is 7.82 Å². The van der Waals surface area contributed by atoms with Gasteiger partial charge in [0.1, 0.15) is 11.5 Å². The Hall–Kier alpha value is -1.89. The van der Waals surface area contributed by atoms with Crippen molar-refractivity contribution in [3.63, 3.8) is 0 Å². The summed E-state index contributed by atoms with van der Waals surface area (Å²) in [5, 5.41) is 29.8. The van der Waals surface area contributed by atoms with Crippen molar-refractivity contribution in [1.82, 2.24) is 0 Å². The highest BCUT2D eigenvalue weighted by Crippen LogP contribution is 2.70. The summed E-state index contributed by atoms with van der Waals surface area (Å²) in [7, 11) is -3.84. The molecule has 380 valence electrons. The lowest BCUT2D eigenvalue weighted by Gasteiger charge is -2.61. The van der Waals surface area contributed by atoms with Gasteiger partial charge in [-0.05, 0) is 258 Å². The second-order valence-electron chi connectivity index (χ2n) is 25.7. The summed E-state index contributed by atoms with van der Waals surface area (Å²) in [5.41, 5.74) is 1.90. The monoisotopic (exact) mass is 957 g/mol. The van der Waals surface area contributed by atoms with Crippen molar-refractivity contribution >= 4 is 7.82 Å². The van der Waals surface area contributed by atoms with Gasteiger partial charge in [-0.15, -0.1) is 0 Å². The van der Waals surface area contributed by atoms with Gasteiger partial charge in [-0.25, -0.2) is 4.57 Å².